The molecule has 0 radical (unpaired) electrons. The summed E-state index contributed by atoms with van der Waals surface area (Å²) in [6.45, 7) is 5.94. The zero-order valence-electron chi connectivity index (χ0n) is 10.4. The summed E-state index contributed by atoms with van der Waals surface area (Å²) >= 11 is 0. The average Bonchev–Trinajstić information content (AvgIpc) is 2.87. The van der Waals surface area contributed by atoms with Crippen LogP contribution in [0.3, 0.4) is 0 Å². The predicted octanol–water partition coefficient (Wildman–Crippen LogP) is 1.65. The molecule has 94 valence electrons. The summed E-state index contributed by atoms with van der Waals surface area (Å²) < 4.78 is 5.43. The van der Waals surface area contributed by atoms with Crippen molar-refractivity contribution in [3.05, 3.63) is 0 Å². The Bertz CT molecular complexity index is 210. The van der Waals surface area contributed by atoms with Gasteiger partial charge in [0.05, 0.1) is 12.7 Å². The van der Waals surface area contributed by atoms with E-state index in [2.05, 4.69) is 4.90 Å². The molecule has 16 heavy (non-hydrogen) atoms. The normalized spacial score (nSPS) is 36.0. The van der Waals surface area contributed by atoms with Crippen LogP contribution < -0.4 is 0 Å². The largest absolute Gasteiger partial charge is 0.393 e. The lowest BCUT2D eigenvalue weighted by molar-refractivity contribution is 0.0550. The van der Waals surface area contributed by atoms with Gasteiger partial charge < -0.3 is 9.84 Å². The Labute approximate surface area is 98.8 Å². The third-order valence-corrected chi connectivity index (χ3v) is 4.17. The Morgan fingerprint density at radius 1 is 1.25 bits per heavy atom. The van der Waals surface area contributed by atoms with Crippen molar-refractivity contribution >= 4 is 0 Å². The number of ether oxygens (including phenoxy) is 1. The third kappa shape index (κ3) is 2.76. The smallest absolute Gasteiger partial charge is 0.0593 e. The fourth-order valence-electron chi connectivity index (χ4n) is 3.36. The Balaban J connectivity index is 1.82. The molecule has 2 aliphatic rings. The summed E-state index contributed by atoms with van der Waals surface area (Å²) in [4.78, 5) is 2.54. The van der Waals surface area contributed by atoms with E-state index in [9.17, 15) is 5.11 Å². The van der Waals surface area contributed by atoms with Crippen LogP contribution in [0, 0.1) is 5.92 Å². The van der Waals surface area contributed by atoms with Crippen LogP contribution in [0.25, 0.3) is 0 Å². The molecule has 1 heterocycles. The molecule has 3 unspecified atom stereocenters. The van der Waals surface area contributed by atoms with Crippen molar-refractivity contribution in [1.82, 2.24) is 4.90 Å². The van der Waals surface area contributed by atoms with E-state index in [1.165, 1.54) is 32.2 Å². The fraction of sp³-hybridized carbons (Fsp3) is 1.00. The van der Waals surface area contributed by atoms with Gasteiger partial charge in [-0.1, -0.05) is 6.42 Å². The van der Waals surface area contributed by atoms with Gasteiger partial charge in [0.1, 0.15) is 0 Å². The summed E-state index contributed by atoms with van der Waals surface area (Å²) in [5, 5.41) is 9.98. The minimum atomic E-state index is -0.0438. The molecule has 3 heteroatoms. The summed E-state index contributed by atoms with van der Waals surface area (Å²) in [5.41, 5.74) is 0. The van der Waals surface area contributed by atoms with E-state index in [-0.39, 0.29) is 6.10 Å². The Morgan fingerprint density at radius 2 is 2.12 bits per heavy atom. The molecule has 0 aromatic heterocycles. The molecule has 1 saturated carbocycles. The zero-order chi connectivity index (χ0) is 11.4. The van der Waals surface area contributed by atoms with E-state index in [1.807, 2.05) is 6.92 Å². The maximum absolute atomic E-state index is 9.98. The van der Waals surface area contributed by atoms with Gasteiger partial charge >= 0.3 is 0 Å². The summed E-state index contributed by atoms with van der Waals surface area (Å²) in [5.74, 6) is 0.532. The zero-order valence-corrected chi connectivity index (χ0v) is 10.4. The van der Waals surface area contributed by atoms with E-state index in [0.29, 0.717) is 12.0 Å². The fourth-order valence-corrected chi connectivity index (χ4v) is 3.36. The average molecular weight is 227 g/mol. The van der Waals surface area contributed by atoms with Crippen LogP contribution in [-0.2, 0) is 4.74 Å². The first-order valence-electron chi connectivity index (χ1n) is 6.82. The van der Waals surface area contributed by atoms with Crippen LogP contribution in [0.1, 0.15) is 39.0 Å². The number of hydrogen-bond donors (Lipinski definition) is 1. The highest BCUT2D eigenvalue weighted by Crippen LogP contribution is 2.35. The second-order valence-electron chi connectivity index (χ2n) is 5.10. The van der Waals surface area contributed by atoms with Gasteiger partial charge in [0, 0.05) is 25.1 Å². The van der Waals surface area contributed by atoms with Crippen LogP contribution in [0.15, 0.2) is 0 Å². The minimum absolute atomic E-state index is 0.0438. The van der Waals surface area contributed by atoms with Gasteiger partial charge in [-0.15, -0.1) is 0 Å². The first kappa shape index (κ1) is 12.3. The predicted molar refractivity (Wildman–Crippen MR) is 64.4 cm³/mol. The van der Waals surface area contributed by atoms with Crippen LogP contribution in [0.2, 0.25) is 0 Å². The molecule has 0 aromatic carbocycles. The van der Waals surface area contributed by atoms with Gasteiger partial charge in [-0.25, -0.2) is 0 Å². The highest BCUT2D eigenvalue weighted by molar-refractivity contribution is 4.91. The van der Waals surface area contributed by atoms with Crippen molar-refractivity contribution in [3.8, 4) is 0 Å². The van der Waals surface area contributed by atoms with Crippen molar-refractivity contribution < 1.29 is 9.84 Å². The molecule has 3 nitrogen and oxygen atoms in total. The van der Waals surface area contributed by atoms with Crippen molar-refractivity contribution in [2.45, 2.75) is 51.2 Å². The monoisotopic (exact) mass is 227 g/mol. The second kappa shape index (κ2) is 5.99. The molecule has 0 amide bonds. The highest BCUT2D eigenvalue weighted by atomic mass is 16.5. The first-order valence-corrected chi connectivity index (χ1v) is 6.82. The lowest BCUT2D eigenvalue weighted by atomic mass is 9.94. The highest BCUT2D eigenvalue weighted by Gasteiger charge is 2.37. The maximum atomic E-state index is 9.98. The van der Waals surface area contributed by atoms with E-state index in [1.54, 1.807) is 0 Å². The van der Waals surface area contributed by atoms with Crippen LogP contribution >= 0.6 is 0 Å². The molecule has 1 N–H and O–H groups in total. The number of rotatable bonds is 5. The van der Waals surface area contributed by atoms with Crippen LogP contribution in [0.4, 0.5) is 0 Å². The number of aliphatic hydroxyl groups excluding tert-OH is 1. The topological polar surface area (TPSA) is 32.7 Å². The quantitative estimate of drug-likeness (QED) is 0.725. The SMILES string of the molecule is CCOCCN1CCCC1C1CCCC1O. The summed E-state index contributed by atoms with van der Waals surface area (Å²) in [6.07, 6.45) is 5.96. The molecular formula is C13H25NO2. The Morgan fingerprint density at radius 3 is 2.81 bits per heavy atom. The van der Waals surface area contributed by atoms with Crippen molar-refractivity contribution in [1.29, 1.82) is 0 Å². The molecule has 0 spiro atoms. The van der Waals surface area contributed by atoms with Gasteiger partial charge in [-0.05, 0) is 39.2 Å². The third-order valence-electron chi connectivity index (χ3n) is 4.17. The number of hydrogen-bond acceptors (Lipinski definition) is 3. The number of nitrogens with zero attached hydrogens (tertiary/aromatic N) is 1. The maximum Gasteiger partial charge on any atom is 0.0593 e. The minimum Gasteiger partial charge on any atom is -0.393 e. The molecule has 0 aromatic rings. The summed E-state index contributed by atoms with van der Waals surface area (Å²) in [6, 6.07) is 0.623. The number of likely N-dealkylation sites (tertiary alicyclic amines) is 1. The van der Waals surface area contributed by atoms with Crippen molar-refractivity contribution in [3.63, 3.8) is 0 Å². The Hall–Kier alpha value is -0.120. The van der Waals surface area contributed by atoms with Crippen molar-refractivity contribution in [2.75, 3.05) is 26.3 Å². The van der Waals surface area contributed by atoms with Crippen LogP contribution in [0.5, 0.6) is 0 Å². The van der Waals surface area contributed by atoms with Gasteiger partial charge in [0.2, 0.25) is 0 Å². The van der Waals surface area contributed by atoms with Crippen molar-refractivity contribution in [2.24, 2.45) is 5.92 Å². The van der Waals surface area contributed by atoms with Gasteiger partial charge in [0.25, 0.3) is 0 Å². The van der Waals surface area contributed by atoms with Crippen LogP contribution in [-0.4, -0.2) is 48.5 Å². The van der Waals surface area contributed by atoms with E-state index in [0.717, 1.165) is 26.2 Å². The molecule has 2 fully saturated rings. The lowest BCUT2D eigenvalue weighted by Crippen LogP contribution is -2.40. The van der Waals surface area contributed by atoms with Gasteiger partial charge in [-0.3, -0.25) is 4.90 Å². The van der Waals surface area contributed by atoms with Gasteiger partial charge in [-0.2, -0.15) is 0 Å². The van der Waals surface area contributed by atoms with E-state index < -0.39 is 0 Å². The Kier molecular flexibility index (Phi) is 4.62. The molecule has 1 saturated heterocycles. The standard InChI is InChI=1S/C13H25NO2/c1-2-16-10-9-14-8-4-6-12(14)11-5-3-7-13(11)15/h11-13,15H,2-10H2,1H3. The molecule has 3 atom stereocenters. The lowest BCUT2D eigenvalue weighted by Gasteiger charge is -2.31. The molecule has 2 rings (SSSR count). The van der Waals surface area contributed by atoms with E-state index in [4.69, 9.17) is 4.74 Å². The first-order chi connectivity index (χ1) is 7.83. The second-order valence-corrected chi connectivity index (χ2v) is 5.10. The van der Waals surface area contributed by atoms with E-state index >= 15 is 0 Å². The molecule has 0 bridgehead atoms. The number of aliphatic hydroxyl groups is 1. The molecule has 1 aliphatic carbocycles. The summed E-state index contributed by atoms with van der Waals surface area (Å²) in [7, 11) is 0. The molecule has 1 aliphatic heterocycles. The van der Waals surface area contributed by atoms with Gasteiger partial charge in [0.15, 0.2) is 0 Å². The molecular weight excluding hydrogens is 202 g/mol.